The van der Waals surface area contributed by atoms with Gasteiger partial charge in [0.2, 0.25) is 5.88 Å². The molecule has 0 aliphatic heterocycles. The molecule has 4 heterocycles. The Morgan fingerprint density at radius 3 is 2.83 bits per heavy atom. The first kappa shape index (κ1) is 22.3. The van der Waals surface area contributed by atoms with Crippen molar-refractivity contribution in [1.82, 2.24) is 34.9 Å². The number of hydrogen-bond donors (Lipinski definition) is 3. The van der Waals surface area contributed by atoms with Gasteiger partial charge in [-0.25, -0.2) is 15.1 Å². The van der Waals surface area contributed by atoms with Crippen molar-refractivity contribution < 1.29 is 9.26 Å². The SMILES string of the molecule is COc1cc(-n2c(C(C)Nc3ncnc(N)c3-c3nc(C)no3)cc3cccc(Cl)c3c2=O)n[nH]1. The van der Waals surface area contributed by atoms with Crippen LogP contribution in [0.1, 0.15) is 24.5 Å². The number of ether oxygens (including phenoxy) is 1. The van der Waals surface area contributed by atoms with Gasteiger partial charge in [-0.05, 0) is 31.4 Å². The minimum atomic E-state index is -0.467. The zero-order chi connectivity index (χ0) is 24.7. The van der Waals surface area contributed by atoms with Crippen LogP contribution in [0.15, 0.2) is 46.0 Å². The molecule has 0 spiro atoms. The Morgan fingerprint density at radius 2 is 2.11 bits per heavy atom. The fourth-order valence-electron chi connectivity index (χ4n) is 3.81. The van der Waals surface area contributed by atoms with Crippen molar-refractivity contribution >= 4 is 34.0 Å². The van der Waals surface area contributed by atoms with Gasteiger partial charge in [0.25, 0.3) is 11.4 Å². The molecule has 0 aliphatic rings. The van der Waals surface area contributed by atoms with Crippen molar-refractivity contribution in [3.8, 4) is 23.2 Å². The smallest absolute Gasteiger partial charge is 0.266 e. The quantitative estimate of drug-likeness (QED) is 0.320. The third-order valence-corrected chi connectivity index (χ3v) is 5.74. The highest BCUT2D eigenvalue weighted by Crippen LogP contribution is 2.33. The summed E-state index contributed by atoms with van der Waals surface area (Å²) in [7, 11) is 1.50. The molecule has 12 nitrogen and oxygen atoms in total. The fourth-order valence-corrected chi connectivity index (χ4v) is 4.07. The Kier molecular flexibility index (Phi) is 5.57. The summed E-state index contributed by atoms with van der Waals surface area (Å²) >= 11 is 6.39. The van der Waals surface area contributed by atoms with Crippen molar-refractivity contribution in [3.63, 3.8) is 0 Å². The number of anilines is 2. The van der Waals surface area contributed by atoms with Crippen LogP contribution in [-0.4, -0.2) is 42.0 Å². The second-order valence-electron chi connectivity index (χ2n) is 7.70. The number of aryl methyl sites for hydroxylation is 1. The van der Waals surface area contributed by atoms with E-state index in [2.05, 4.69) is 35.6 Å². The van der Waals surface area contributed by atoms with E-state index in [-0.39, 0.29) is 17.3 Å². The maximum Gasteiger partial charge on any atom is 0.266 e. The van der Waals surface area contributed by atoms with Gasteiger partial charge in [0.15, 0.2) is 11.6 Å². The molecule has 0 amide bonds. The number of rotatable bonds is 6. The molecule has 1 atom stereocenters. The van der Waals surface area contributed by atoms with Crippen molar-refractivity contribution in [3.05, 3.63) is 63.6 Å². The maximum absolute atomic E-state index is 13.6. The lowest BCUT2D eigenvalue weighted by Gasteiger charge is -2.21. The van der Waals surface area contributed by atoms with Gasteiger partial charge in [0, 0.05) is 6.07 Å². The lowest BCUT2D eigenvalue weighted by molar-refractivity contribution is 0.397. The van der Waals surface area contributed by atoms with E-state index in [1.807, 2.05) is 19.1 Å². The minimum Gasteiger partial charge on any atom is -0.481 e. The summed E-state index contributed by atoms with van der Waals surface area (Å²) in [5.41, 5.74) is 6.73. The summed E-state index contributed by atoms with van der Waals surface area (Å²) in [5.74, 6) is 1.88. The number of pyridine rings is 1. The van der Waals surface area contributed by atoms with Crippen LogP contribution in [0.2, 0.25) is 5.02 Å². The molecule has 5 rings (SSSR count). The molecular formula is C22H20ClN9O3. The molecule has 4 N–H and O–H groups in total. The fraction of sp³-hybridized carbons (Fsp3) is 0.182. The van der Waals surface area contributed by atoms with Crippen LogP contribution in [0.4, 0.5) is 11.6 Å². The maximum atomic E-state index is 13.6. The summed E-state index contributed by atoms with van der Waals surface area (Å²) in [6.45, 7) is 3.56. The second-order valence-corrected chi connectivity index (χ2v) is 8.11. The van der Waals surface area contributed by atoms with Gasteiger partial charge in [-0.2, -0.15) is 10.1 Å². The van der Waals surface area contributed by atoms with Gasteiger partial charge < -0.3 is 20.3 Å². The van der Waals surface area contributed by atoms with Crippen molar-refractivity contribution in [2.75, 3.05) is 18.2 Å². The van der Waals surface area contributed by atoms with Gasteiger partial charge in [0.1, 0.15) is 23.5 Å². The number of benzene rings is 1. The molecule has 178 valence electrons. The van der Waals surface area contributed by atoms with E-state index in [1.165, 1.54) is 18.0 Å². The van der Waals surface area contributed by atoms with Gasteiger partial charge in [-0.15, -0.1) is 0 Å². The van der Waals surface area contributed by atoms with Gasteiger partial charge in [-0.1, -0.05) is 28.9 Å². The Labute approximate surface area is 203 Å². The predicted molar refractivity (Wildman–Crippen MR) is 130 cm³/mol. The predicted octanol–water partition coefficient (Wildman–Crippen LogP) is 3.28. The minimum absolute atomic E-state index is 0.165. The highest BCUT2D eigenvalue weighted by atomic mass is 35.5. The highest BCUT2D eigenvalue weighted by molar-refractivity contribution is 6.35. The summed E-state index contributed by atoms with van der Waals surface area (Å²) in [6.07, 6.45) is 1.32. The van der Waals surface area contributed by atoms with Crippen LogP contribution in [-0.2, 0) is 0 Å². The van der Waals surface area contributed by atoms with Crippen LogP contribution < -0.4 is 21.3 Å². The molecule has 5 aromatic rings. The summed E-state index contributed by atoms with van der Waals surface area (Å²) in [5, 5.41) is 15.5. The lowest BCUT2D eigenvalue weighted by atomic mass is 10.1. The molecule has 0 saturated carbocycles. The molecule has 1 aromatic carbocycles. The average molecular weight is 494 g/mol. The number of nitrogens with zero attached hydrogens (tertiary/aromatic N) is 6. The molecule has 0 radical (unpaired) electrons. The molecule has 35 heavy (non-hydrogen) atoms. The topological polar surface area (TPSA) is 163 Å². The van der Waals surface area contributed by atoms with Crippen molar-refractivity contribution in [1.29, 1.82) is 0 Å². The van der Waals surface area contributed by atoms with Gasteiger partial charge in [-0.3, -0.25) is 9.36 Å². The Hall–Kier alpha value is -4.45. The van der Waals surface area contributed by atoms with E-state index in [4.69, 9.17) is 26.6 Å². The summed E-state index contributed by atoms with van der Waals surface area (Å²) in [6, 6.07) is 8.30. The molecule has 0 bridgehead atoms. The number of nitrogens with two attached hydrogens (primary N) is 1. The Bertz CT molecular complexity index is 1610. The van der Waals surface area contributed by atoms with E-state index < -0.39 is 6.04 Å². The molecule has 1 unspecified atom stereocenters. The number of halogens is 1. The highest BCUT2D eigenvalue weighted by Gasteiger charge is 2.23. The molecule has 0 fully saturated rings. The monoisotopic (exact) mass is 493 g/mol. The molecule has 13 heteroatoms. The normalized spacial score (nSPS) is 12.1. The molecule has 0 saturated heterocycles. The standard InChI is InChI=1S/C22H20ClN9O3/c1-10(27-20-18(19(24)25-9-26-20)21-28-11(2)31-35-21)14-7-12-5-4-6-13(23)17(12)22(33)32(14)15-8-16(34-3)30-29-15/h4-10H,1-3H3,(H,29,30)(H3,24,25,26,27). The number of nitrogens with one attached hydrogen (secondary N) is 2. The Balaban J connectivity index is 1.67. The number of methoxy groups -OCH3 is 1. The third kappa shape index (κ3) is 3.93. The first-order valence-electron chi connectivity index (χ1n) is 10.5. The van der Waals surface area contributed by atoms with E-state index >= 15 is 0 Å². The van der Waals surface area contributed by atoms with Crippen LogP contribution in [0.3, 0.4) is 0 Å². The first-order chi connectivity index (χ1) is 16.9. The number of fused-ring (bicyclic) bond motifs is 1. The Morgan fingerprint density at radius 1 is 1.29 bits per heavy atom. The number of aromatic amines is 1. The van der Waals surface area contributed by atoms with E-state index in [1.54, 1.807) is 25.1 Å². The second kappa shape index (κ2) is 8.72. The van der Waals surface area contributed by atoms with E-state index in [0.29, 0.717) is 50.4 Å². The first-order valence-corrected chi connectivity index (χ1v) is 10.9. The van der Waals surface area contributed by atoms with Crippen molar-refractivity contribution in [2.45, 2.75) is 19.9 Å². The van der Waals surface area contributed by atoms with Crippen LogP contribution in [0.25, 0.3) is 28.0 Å². The van der Waals surface area contributed by atoms with Gasteiger partial charge >= 0.3 is 0 Å². The number of aromatic nitrogens is 7. The van der Waals surface area contributed by atoms with E-state index in [0.717, 1.165) is 0 Å². The van der Waals surface area contributed by atoms with Gasteiger partial charge in [0.05, 0.1) is 29.3 Å². The zero-order valence-corrected chi connectivity index (χ0v) is 19.7. The molecule has 4 aromatic heterocycles. The number of hydrogen-bond acceptors (Lipinski definition) is 10. The number of nitrogen functional groups attached to an aromatic ring is 1. The summed E-state index contributed by atoms with van der Waals surface area (Å²) in [4.78, 5) is 26.3. The third-order valence-electron chi connectivity index (χ3n) is 5.43. The lowest BCUT2D eigenvalue weighted by Crippen LogP contribution is -2.26. The van der Waals surface area contributed by atoms with Crippen LogP contribution in [0, 0.1) is 6.92 Å². The molecular weight excluding hydrogens is 474 g/mol. The zero-order valence-electron chi connectivity index (χ0n) is 18.9. The largest absolute Gasteiger partial charge is 0.481 e. The average Bonchev–Trinajstić information content (AvgIpc) is 3.48. The van der Waals surface area contributed by atoms with Crippen molar-refractivity contribution in [2.24, 2.45) is 0 Å². The number of H-pyrrole nitrogens is 1. The molecule has 0 aliphatic carbocycles. The van der Waals surface area contributed by atoms with E-state index in [9.17, 15) is 4.79 Å². The summed E-state index contributed by atoms with van der Waals surface area (Å²) < 4.78 is 12.0. The van der Waals surface area contributed by atoms with Crippen LogP contribution >= 0.6 is 11.6 Å². The van der Waals surface area contributed by atoms with Crippen LogP contribution in [0.5, 0.6) is 5.88 Å².